The largest absolute Gasteiger partial charge is 0.412 e. The minimum Gasteiger partial charge on any atom is -0.412 e. The number of carbonyl (C=O) groups excluding carboxylic acids is 1. The van der Waals surface area contributed by atoms with Crippen molar-refractivity contribution in [3.63, 3.8) is 0 Å². The van der Waals surface area contributed by atoms with Gasteiger partial charge in [-0.1, -0.05) is 0 Å². The van der Waals surface area contributed by atoms with Crippen molar-refractivity contribution in [3.05, 3.63) is 0 Å². The maximum Gasteiger partial charge on any atom is 0.321 e. The number of hydrogen-bond donors (Lipinski definition) is 2. The van der Waals surface area contributed by atoms with E-state index in [1.807, 2.05) is 0 Å². The molecule has 0 fully saturated rings. The van der Waals surface area contributed by atoms with Crippen molar-refractivity contribution < 1.29 is 47.9 Å². The third-order valence-corrected chi connectivity index (χ3v) is 0.462. The first-order valence-electron chi connectivity index (χ1n) is 2.37. The van der Waals surface area contributed by atoms with Crippen LogP contribution in [0.15, 0.2) is 0 Å². The molecule has 0 saturated heterocycles. The molecule has 11 heavy (non-hydrogen) atoms. The van der Waals surface area contributed by atoms with Crippen LogP contribution in [0.3, 0.4) is 0 Å². The van der Waals surface area contributed by atoms with Crippen LogP contribution in [0.25, 0.3) is 0 Å². The Labute approximate surface area is 85.2 Å². The Morgan fingerprint density at radius 3 is 2.27 bits per heavy atom. The Kier molecular flexibility index (Phi) is 34.1. The van der Waals surface area contributed by atoms with Gasteiger partial charge in [0, 0.05) is 47.3 Å². The Hall–Kier alpha value is 0.232. The molecule has 0 aromatic heterocycles. The van der Waals surface area contributed by atoms with Gasteiger partial charge in [-0.05, 0) is 0 Å². The Morgan fingerprint density at radius 1 is 1.55 bits per heavy atom. The predicted molar refractivity (Wildman–Crippen MR) is 36.1 cm³/mol. The molecule has 0 rings (SSSR count). The van der Waals surface area contributed by atoms with Crippen molar-refractivity contribution in [2.45, 2.75) is 6.92 Å². The number of hydrogen-bond acceptors (Lipinski definition) is 4. The fraction of sp³-hybridized carbons (Fsp3) is 0.750. The molecule has 7 heteroatoms. The molecule has 0 aliphatic rings. The summed E-state index contributed by atoms with van der Waals surface area (Å²) in [4.78, 5) is 14.3. The normalized spacial score (nSPS) is 6.36. The monoisotopic (exact) mass is 268 g/mol. The van der Waals surface area contributed by atoms with Crippen LogP contribution in [0, 0.1) is 0 Å². The fourth-order valence-electron chi connectivity index (χ4n) is 0.212. The molecular formula is C4H14CdN2O4. The van der Waals surface area contributed by atoms with Crippen LogP contribution in [0.1, 0.15) is 6.92 Å². The van der Waals surface area contributed by atoms with Crippen molar-refractivity contribution in [2.24, 2.45) is 5.73 Å². The Balaban J connectivity index is -0.0000000817. The summed E-state index contributed by atoms with van der Waals surface area (Å²) < 4.78 is 0. The van der Waals surface area contributed by atoms with Crippen LogP contribution in [-0.4, -0.2) is 30.0 Å². The Bertz CT molecular complexity index is 82.5. The van der Waals surface area contributed by atoms with Crippen molar-refractivity contribution >= 4 is 5.97 Å². The van der Waals surface area contributed by atoms with E-state index >= 15 is 0 Å². The van der Waals surface area contributed by atoms with Gasteiger partial charge in [0.2, 0.25) is 0 Å². The first-order valence-corrected chi connectivity index (χ1v) is 2.37. The quantitative estimate of drug-likeness (QED) is 0.329. The average molecular weight is 267 g/mol. The number of nitrogens with one attached hydrogen (secondary N) is 1. The zero-order valence-corrected chi connectivity index (χ0v) is 10.6. The van der Waals surface area contributed by atoms with Crippen LogP contribution >= 0.6 is 0 Å². The second-order valence-corrected chi connectivity index (χ2v) is 1.28. The van der Waals surface area contributed by atoms with Gasteiger partial charge >= 0.3 is 5.97 Å². The molecule has 0 aromatic rings. The number of nitrogens with two attached hydrogens (primary N) is 1. The maximum absolute atomic E-state index is 9.99. The maximum atomic E-state index is 9.99. The molecule has 7 N–H and O–H groups in total. The topological polar surface area (TPSA) is 127 Å². The summed E-state index contributed by atoms with van der Waals surface area (Å²) in [5.41, 5.74) is 7.42. The molecule has 0 aliphatic heterocycles. The predicted octanol–water partition coefficient (Wildman–Crippen LogP) is -2.64. The van der Waals surface area contributed by atoms with Crippen LogP contribution in [0.5, 0.6) is 0 Å². The van der Waals surface area contributed by atoms with Gasteiger partial charge in [-0.2, -0.15) is 5.48 Å². The standard InChI is InChI=1S/C4H10N2O2.Cd.2H2O/c1-4(7)8-6-3-2-5;;;/h6H,2-3,5H2,1H3;;2*1H2. The van der Waals surface area contributed by atoms with Crippen molar-refractivity contribution in [1.82, 2.24) is 5.48 Å². The van der Waals surface area contributed by atoms with Gasteiger partial charge in [0.05, 0.1) is 0 Å². The van der Waals surface area contributed by atoms with E-state index in [2.05, 4.69) is 10.3 Å². The smallest absolute Gasteiger partial charge is 0.321 e. The zero-order valence-electron chi connectivity index (χ0n) is 6.52. The van der Waals surface area contributed by atoms with Gasteiger partial charge < -0.3 is 21.5 Å². The van der Waals surface area contributed by atoms with E-state index in [0.29, 0.717) is 13.1 Å². The fourth-order valence-corrected chi connectivity index (χ4v) is 0.212. The first-order chi connectivity index (χ1) is 3.77. The van der Waals surface area contributed by atoms with Crippen molar-refractivity contribution in [1.29, 1.82) is 0 Å². The molecule has 0 atom stereocenters. The van der Waals surface area contributed by atoms with Crippen LogP contribution in [0.4, 0.5) is 0 Å². The zero-order chi connectivity index (χ0) is 6.41. The second kappa shape index (κ2) is 16.7. The molecule has 66 valence electrons. The van der Waals surface area contributed by atoms with Gasteiger partial charge in [0.15, 0.2) is 0 Å². The Morgan fingerprint density at radius 2 is 2.00 bits per heavy atom. The van der Waals surface area contributed by atoms with Gasteiger partial charge in [0.25, 0.3) is 0 Å². The molecule has 0 saturated carbocycles. The number of rotatable bonds is 3. The molecule has 6 nitrogen and oxygen atoms in total. The van der Waals surface area contributed by atoms with Crippen molar-refractivity contribution in [2.75, 3.05) is 13.1 Å². The average Bonchev–Trinajstić information content (AvgIpc) is 1.66. The summed E-state index contributed by atoms with van der Waals surface area (Å²) in [6.07, 6.45) is 0. The van der Waals surface area contributed by atoms with Crippen LogP contribution in [-0.2, 0) is 36.9 Å². The molecular weight excluding hydrogens is 252 g/mol. The summed E-state index contributed by atoms with van der Waals surface area (Å²) in [5.74, 6) is -0.349. The third kappa shape index (κ3) is 25.3. The van der Waals surface area contributed by atoms with E-state index in [9.17, 15) is 4.79 Å². The molecule has 0 heterocycles. The van der Waals surface area contributed by atoms with E-state index in [0.717, 1.165) is 0 Å². The van der Waals surface area contributed by atoms with E-state index in [-0.39, 0.29) is 44.2 Å². The summed E-state index contributed by atoms with van der Waals surface area (Å²) in [5, 5.41) is 0. The first kappa shape index (κ1) is 22.5. The molecule has 0 spiro atoms. The van der Waals surface area contributed by atoms with E-state index in [4.69, 9.17) is 5.73 Å². The molecule has 0 unspecified atom stereocenters. The van der Waals surface area contributed by atoms with E-state index in [1.165, 1.54) is 6.92 Å². The summed E-state index contributed by atoms with van der Waals surface area (Å²) in [6, 6.07) is 0. The number of hydroxylamine groups is 1. The van der Waals surface area contributed by atoms with Gasteiger partial charge in [-0.25, -0.2) is 0 Å². The van der Waals surface area contributed by atoms with E-state index < -0.39 is 0 Å². The molecule has 0 amide bonds. The minimum absolute atomic E-state index is 0. The summed E-state index contributed by atoms with van der Waals surface area (Å²) in [7, 11) is 0. The van der Waals surface area contributed by atoms with Gasteiger partial charge in [-0.15, -0.1) is 0 Å². The van der Waals surface area contributed by atoms with Gasteiger partial charge in [0.1, 0.15) is 0 Å². The minimum atomic E-state index is -0.349. The molecule has 0 aromatic carbocycles. The summed E-state index contributed by atoms with van der Waals surface area (Å²) >= 11 is 0. The van der Waals surface area contributed by atoms with Gasteiger partial charge in [-0.3, -0.25) is 4.79 Å². The third-order valence-electron chi connectivity index (χ3n) is 0.462. The van der Waals surface area contributed by atoms with Crippen LogP contribution in [0.2, 0.25) is 0 Å². The summed E-state index contributed by atoms with van der Waals surface area (Å²) in [6.45, 7) is 2.29. The second-order valence-electron chi connectivity index (χ2n) is 1.28. The molecule has 0 aliphatic carbocycles. The number of carbonyl (C=O) groups is 1. The molecule has 0 bridgehead atoms. The van der Waals surface area contributed by atoms with E-state index in [1.54, 1.807) is 0 Å². The molecule has 0 radical (unpaired) electrons. The SMILES string of the molecule is CC(=O)ONCCN.O.O.[Cd]. The van der Waals surface area contributed by atoms with Crippen LogP contribution < -0.4 is 11.2 Å². The van der Waals surface area contributed by atoms with Crippen molar-refractivity contribution in [3.8, 4) is 0 Å².